The molecule has 0 unspecified atom stereocenters. The zero-order valence-corrected chi connectivity index (χ0v) is 16.9. The van der Waals surface area contributed by atoms with E-state index < -0.39 is 0 Å². The van der Waals surface area contributed by atoms with Gasteiger partial charge in [0, 0.05) is 22.2 Å². The van der Waals surface area contributed by atoms with Gasteiger partial charge in [-0.3, -0.25) is 4.79 Å². The molecule has 1 fully saturated rings. The first-order valence-electron chi connectivity index (χ1n) is 9.95. The van der Waals surface area contributed by atoms with Gasteiger partial charge in [0.1, 0.15) is 0 Å². The van der Waals surface area contributed by atoms with Crippen LogP contribution in [-0.4, -0.2) is 18.0 Å². The third-order valence-corrected chi connectivity index (χ3v) is 7.53. The molecule has 26 heavy (non-hydrogen) atoms. The summed E-state index contributed by atoms with van der Waals surface area (Å²) in [5.74, 6) is 0.966. The van der Waals surface area contributed by atoms with Crippen molar-refractivity contribution in [3.63, 3.8) is 0 Å². The standard InChI is InChI=1S/C22H30N2OS/c1-22(2,3)14-8-10-15(11-9-14)24-21(25)18-12-17-16-6-4-5-7-19(16)26-20(17)13-23-18/h4-7,14-15,18,23H,8-13H2,1-3H3,(H,24,25)/t14?,15?,18-/m1/s1. The molecule has 1 aliphatic heterocycles. The highest BCUT2D eigenvalue weighted by Crippen LogP contribution is 2.38. The third kappa shape index (κ3) is 3.54. The molecule has 140 valence electrons. The lowest BCUT2D eigenvalue weighted by molar-refractivity contribution is -0.124. The molecule has 1 amide bonds. The van der Waals surface area contributed by atoms with Crippen molar-refractivity contribution in [3.05, 3.63) is 34.7 Å². The van der Waals surface area contributed by atoms with E-state index in [1.165, 1.54) is 33.4 Å². The largest absolute Gasteiger partial charge is 0.352 e. The molecule has 1 aliphatic carbocycles. The van der Waals surface area contributed by atoms with Crippen molar-refractivity contribution >= 4 is 27.3 Å². The second kappa shape index (κ2) is 6.97. The summed E-state index contributed by atoms with van der Waals surface area (Å²) in [6, 6.07) is 8.82. The van der Waals surface area contributed by atoms with E-state index in [1.807, 2.05) is 11.3 Å². The molecule has 1 atom stereocenters. The molecule has 1 aromatic carbocycles. The molecule has 2 aliphatic rings. The second-order valence-electron chi connectivity index (χ2n) is 9.06. The number of hydrogen-bond acceptors (Lipinski definition) is 3. The maximum absolute atomic E-state index is 12.8. The van der Waals surface area contributed by atoms with Crippen molar-refractivity contribution in [1.82, 2.24) is 10.6 Å². The summed E-state index contributed by atoms with van der Waals surface area (Å²) in [5.41, 5.74) is 1.76. The molecular formula is C22H30N2OS. The van der Waals surface area contributed by atoms with E-state index in [4.69, 9.17) is 0 Å². The lowest BCUT2D eigenvalue weighted by Gasteiger charge is -2.37. The highest BCUT2D eigenvalue weighted by atomic mass is 32.1. The predicted octanol–water partition coefficient (Wildman–Crippen LogP) is 4.64. The molecule has 3 nitrogen and oxygen atoms in total. The highest BCUT2D eigenvalue weighted by molar-refractivity contribution is 7.19. The van der Waals surface area contributed by atoms with Crippen molar-refractivity contribution < 1.29 is 4.79 Å². The SMILES string of the molecule is CC(C)(C)C1CCC(NC(=O)[C@H]2Cc3c(sc4ccccc34)CN2)CC1. The fourth-order valence-electron chi connectivity index (χ4n) is 4.60. The summed E-state index contributed by atoms with van der Waals surface area (Å²) < 4.78 is 1.33. The van der Waals surface area contributed by atoms with Crippen LogP contribution in [0.15, 0.2) is 24.3 Å². The van der Waals surface area contributed by atoms with Gasteiger partial charge >= 0.3 is 0 Å². The fourth-order valence-corrected chi connectivity index (χ4v) is 5.78. The van der Waals surface area contributed by atoms with Crippen LogP contribution in [0.5, 0.6) is 0 Å². The quantitative estimate of drug-likeness (QED) is 0.809. The van der Waals surface area contributed by atoms with E-state index in [0.29, 0.717) is 11.5 Å². The van der Waals surface area contributed by atoms with Gasteiger partial charge in [0.15, 0.2) is 0 Å². The molecule has 2 heterocycles. The van der Waals surface area contributed by atoms with E-state index in [-0.39, 0.29) is 11.9 Å². The molecule has 1 aromatic heterocycles. The third-order valence-electron chi connectivity index (χ3n) is 6.31. The molecule has 0 bridgehead atoms. The Morgan fingerprint density at radius 3 is 2.62 bits per heavy atom. The van der Waals surface area contributed by atoms with Crippen LogP contribution in [0, 0.1) is 11.3 Å². The molecule has 2 aromatic rings. The fraction of sp³-hybridized carbons (Fsp3) is 0.591. The van der Waals surface area contributed by atoms with Crippen LogP contribution in [0.3, 0.4) is 0 Å². The maximum atomic E-state index is 12.8. The summed E-state index contributed by atoms with van der Waals surface area (Å²) in [4.78, 5) is 14.2. The number of carbonyl (C=O) groups is 1. The van der Waals surface area contributed by atoms with Crippen LogP contribution in [0.2, 0.25) is 0 Å². The van der Waals surface area contributed by atoms with E-state index in [1.54, 1.807) is 0 Å². The maximum Gasteiger partial charge on any atom is 0.237 e. The van der Waals surface area contributed by atoms with Crippen molar-refractivity contribution in [2.24, 2.45) is 11.3 Å². The molecule has 0 saturated heterocycles. The molecule has 0 spiro atoms. The first-order valence-corrected chi connectivity index (χ1v) is 10.8. The average Bonchev–Trinajstić information content (AvgIpc) is 2.99. The van der Waals surface area contributed by atoms with Gasteiger partial charge in [-0.05, 0) is 60.5 Å². The van der Waals surface area contributed by atoms with Crippen LogP contribution >= 0.6 is 11.3 Å². The lowest BCUT2D eigenvalue weighted by Crippen LogP contribution is -2.51. The van der Waals surface area contributed by atoms with Gasteiger partial charge < -0.3 is 10.6 Å². The Labute approximate surface area is 160 Å². The van der Waals surface area contributed by atoms with Gasteiger partial charge in [-0.25, -0.2) is 0 Å². The predicted molar refractivity (Wildman–Crippen MR) is 110 cm³/mol. The number of nitrogens with one attached hydrogen (secondary N) is 2. The number of fused-ring (bicyclic) bond motifs is 3. The van der Waals surface area contributed by atoms with Crippen molar-refractivity contribution in [1.29, 1.82) is 0 Å². The molecule has 4 heteroatoms. The second-order valence-corrected chi connectivity index (χ2v) is 10.2. The normalized spacial score (nSPS) is 26.5. The smallest absolute Gasteiger partial charge is 0.237 e. The average molecular weight is 371 g/mol. The number of carbonyl (C=O) groups excluding carboxylic acids is 1. The van der Waals surface area contributed by atoms with Gasteiger partial charge in [-0.15, -0.1) is 11.3 Å². The summed E-state index contributed by atoms with van der Waals surface area (Å²) in [6.45, 7) is 7.82. The number of amides is 1. The van der Waals surface area contributed by atoms with Crippen LogP contribution in [0.25, 0.3) is 10.1 Å². The van der Waals surface area contributed by atoms with Gasteiger partial charge in [-0.1, -0.05) is 39.0 Å². The van der Waals surface area contributed by atoms with Crippen LogP contribution in [0.1, 0.15) is 56.9 Å². The summed E-state index contributed by atoms with van der Waals surface area (Å²) in [5, 5.41) is 8.12. The molecular weight excluding hydrogens is 340 g/mol. The van der Waals surface area contributed by atoms with Gasteiger partial charge in [0.05, 0.1) is 6.04 Å². The minimum absolute atomic E-state index is 0.0964. The zero-order chi connectivity index (χ0) is 18.3. The monoisotopic (exact) mass is 370 g/mol. The van der Waals surface area contributed by atoms with Gasteiger partial charge in [0.2, 0.25) is 5.91 Å². The Kier molecular flexibility index (Phi) is 4.83. The van der Waals surface area contributed by atoms with Crippen molar-refractivity contribution in [2.45, 2.75) is 71.5 Å². The van der Waals surface area contributed by atoms with Crippen LogP contribution in [0.4, 0.5) is 0 Å². The van der Waals surface area contributed by atoms with E-state index >= 15 is 0 Å². The number of hydrogen-bond donors (Lipinski definition) is 2. The summed E-state index contributed by atoms with van der Waals surface area (Å²) in [6.07, 6.45) is 5.50. The zero-order valence-electron chi connectivity index (χ0n) is 16.1. The Balaban J connectivity index is 1.38. The van der Waals surface area contributed by atoms with Crippen molar-refractivity contribution in [2.75, 3.05) is 0 Å². The van der Waals surface area contributed by atoms with Gasteiger partial charge in [0.25, 0.3) is 0 Å². The van der Waals surface area contributed by atoms with Crippen LogP contribution < -0.4 is 10.6 Å². The lowest BCUT2D eigenvalue weighted by atomic mass is 9.71. The Bertz CT molecular complexity index is 796. The molecule has 4 rings (SSSR count). The number of benzene rings is 1. The minimum Gasteiger partial charge on any atom is -0.352 e. The Hall–Kier alpha value is -1.39. The molecule has 0 radical (unpaired) electrons. The first-order chi connectivity index (χ1) is 12.4. The highest BCUT2D eigenvalue weighted by Gasteiger charge is 2.32. The Morgan fingerprint density at radius 1 is 1.15 bits per heavy atom. The minimum atomic E-state index is -0.0964. The number of rotatable bonds is 2. The summed E-state index contributed by atoms with van der Waals surface area (Å²) in [7, 11) is 0. The molecule has 1 saturated carbocycles. The number of thiophene rings is 1. The van der Waals surface area contributed by atoms with Crippen LogP contribution in [-0.2, 0) is 17.8 Å². The van der Waals surface area contributed by atoms with Gasteiger partial charge in [-0.2, -0.15) is 0 Å². The Morgan fingerprint density at radius 2 is 1.88 bits per heavy atom. The van der Waals surface area contributed by atoms with E-state index in [9.17, 15) is 4.79 Å². The van der Waals surface area contributed by atoms with E-state index in [2.05, 4.69) is 55.7 Å². The first kappa shape index (κ1) is 18.0. The van der Waals surface area contributed by atoms with E-state index in [0.717, 1.165) is 31.7 Å². The summed E-state index contributed by atoms with van der Waals surface area (Å²) >= 11 is 1.86. The topological polar surface area (TPSA) is 41.1 Å². The molecule has 2 N–H and O–H groups in total. The van der Waals surface area contributed by atoms with Crippen molar-refractivity contribution in [3.8, 4) is 0 Å².